The van der Waals surface area contributed by atoms with E-state index in [1.165, 1.54) is 60.7 Å². The molecule has 0 spiro atoms. The van der Waals surface area contributed by atoms with Crippen molar-refractivity contribution in [1.82, 2.24) is 0 Å². The third-order valence-corrected chi connectivity index (χ3v) is 5.00. The summed E-state index contributed by atoms with van der Waals surface area (Å²) in [6.45, 7) is 0. The molecule has 0 aliphatic rings. The maximum Gasteiger partial charge on any atom is 0.193 e. The minimum atomic E-state index is -0.497. The number of phenolic OH excluding ortho intramolecular Hbond substituents is 2. The Labute approximate surface area is 182 Å². The first-order chi connectivity index (χ1) is 15.3. The second-order valence-corrected chi connectivity index (χ2v) is 7.13. The van der Waals surface area contributed by atoms with Gasteiger partial charge in [-0.25, -0.2) is 8.78 Å². The Balaban J connectivity index is 1.88. The lowest BCUT2D eigenvalue weighted by Crippen LogP contribution is -2.07. The van der Waals surface area contributed by atoms with E-state index in [9.17, 15) is 28.6 Å². The van der Waals surface area contributed by atoms with Gasteiger partial charge in [0.15, 0.2) is 11.6 Å². The summed E-state index contributed by atoms with van der Waals surface area (Å²) in [5.41, 5.74) is 1.25. The van der Waals surface area contributed by atoms with Gasteiger partial charge < -0.3 is 10.2 Å². The van der Waals surface area contributed by atoms with Crippen molar-refractivity contribution in [2.45, 2.75) is 0 Å². The standard InChI is InChI=1S/C26H16F2O4/c27-17-5-1-15(2-6-17)25(31)23-13-19(29)9-11-21(23)22-12-10-20(30)14-24(22)26(32)16-3-7-18(28)8-4-16/h1-14,29-30H. The first-order valence-corrected chi connectivity index (χ1v) is 9.60. The molecular weight excluding hydrogens is 414 g/mol. The van der Waals surface area contributed by atoms with Gasteiger partial charge in [0.05, 0.1) is 0 Å². The molecule has 0 atom stereocenters. The molecule has 2 N–H and O–H groups in total. The molecule has 0 unspecified atom stereocenters. The van der Waals surface area contributed by atoms with E-state index in [1.54, 1.807) is 0 Å². The van der Waals surface area contributed by atoms with Crippen LogP contribution in [0.2, 0.25) is 0 Å². The summed E-state index contributed by atoms with van der Waals surface area (Å²) in [5.74, 6) is -2.28. The molecule has 4 aromatic carbocycles. The van der Waals surface area contributed by atoms with E-state index in [0.29, 0.717) is 11.1 Å². The summed E-state index contributed by atoms with van der Waals surface area (Å²) in [5, 5.41) is 20.0. The van der Waals surface area contributed by atoms with Crippen LogP contribution in [0.1, 0.15) is 31.8 Å². The topological polar surface area (TPSA) is 74.6 Å². The van der Waals surface area contributed by atoms with Crippen molar-refractivity contribution < 1.29 is 28.6 Å². The third kappa shape index (κ3) is 4.11. The van der Waals surface area contributed by atoms with Crippen LogP contribution >= 0.6 is 0 Å². The fraction of sp³-hybridized carbons (Fsp3) is 0. The Morgan fingerprint density at radius 1 is 0.531 bits per heavy atom. The zero-order chi connectivity index (χ0) is 22.8. The zero-order valence-electron chi connectivity index (χ0n) is 16.5. The first-order valence-electron chi connectivity index (χ1n) is 9.60. The SMILES string of the molecule is O=C(c1ccc(F)cc1)c1cc(O)ccc1-c1ccc(O)cc1C(=O)c1ccc(F)cc1. The lowest BCUT2D eigenvalue weighted by atomic mass is 9.88. The molecule has 158 valence electrons. The van der Waals surface area contributed by atoms with Gasteiger partial charge in [-0.2, -0.15) is 0 Å². The van der Waals surface area contributed by atoms with Crippen molar-refractivity contribution in [3.63, 3.8) is 0 Å². The highest BCUT2D eigenvalue weighted by Gasteiger charge is 2.21. The number of carbonyl (C=O) groups excluding carboxylic acids is 2. The van der Waals surface area contributed by atoms with Gasteiger partial charge in [-0.1, -0.05) is 0 Å². The second kappa shape index (κ2) is 8.43. The number of carbonyl (C=O) groups is 2. The predicted molar refractivity (Wildman–Crippen MR) is 115 cm³/mol. The molecule has 32 heavy (non-hydrogen) atoms. The molecule has 0 heterocycles. The quantitative estimate of drug-likeness (QED) is 0.410. The van der Waals surface area contributed by atoms with Gasteiger partial charge in [0.25, 0.3) is 0 Å². The van der Waals surface area contributed by atoms with Crippen LogP contribution in [0.25, 0.3) is 11.1 Å². The van der Waals surface area contributed by atoms with Crippen molar-refractivity contribution in [1.29, 1.82) is 0 Å². The van der Waals surface area contributed by atoms with E-state index < -0.39 is 23.2 Å². The Kier molecular flexibility index (Phi) is 5.52. The van der Waals surface area contributed by atoms with Crippen LogP contribution in [0, 0.1) is 11.6 Å². The molecule has 4 nitrogen and oxygen atoms in total. The predicted octanol–water partition coefficient (Wildman–Crippen LogP) is 5.51. The zero-order valence-corrected chi connectivity index (χ0v) is 16.5. The minimum Gasteiger partial charge on any atom is -0.508 e. The summed E-state index contributed by atoms with van der Waals surface area (Å²) in [7, 11) is 0. The molecule has 0 radical (unpaired) electrons. The van der Waals surface area contributed by atoms with Gasteiger partial charge in [-0.3, -0.25) is 9.59 Å². The van der Waals surface area contributed by atoms with Gasteiger partial charge in [0.2, 0.25) is 0 Å². The van der Waals surface area contributed by atoms with Crippen LogP contribution in [0.5, 0.6) is 11.5 Å². The minimum absolute atomic E-state index is 0.0930. The summed E-state index contributed by atoms with van der Waals surface area (Å²) in [4.78, 5) is 26.3. The summed E-state index contributed by atoms with van der Waals surface area (Å²) < 4.78 is 26.6. The number of hydrogen-bond donors (Lipinski definition) is 2. The average molecular weight is 430 g/mol. The van der Waals surface area contributed by atoms with Crippen molar-refractivity contribution in [2.75, 3.05) is 0 Å². The smallest absolute Gasteiger partial charge is 0.193 e. The highest BCUT2D eigenvalue weighted by atomic mass is 19.1. The molecule has 4 aromatic rings. The number of halogens is 2. The van der Waals surface area contributed by atoms with Crippen molar-refractivity contribution in [2.24, 2.45) is 0 Å². The number of benzene rings is 4. The van der Waals surface area contributed by atoms with E-state index in [2.05, 4.69) is 0 Å². The van der Waals surface area contributed by atoms with Crippen molar-refractivity contribution >= 4 is 11.6 Å². The van der Waals surface area contributed by atoms with Crippen LogP contribution in [0.4, 0.5) is 8.78 Å². The number of aromatic hydroxyl groups is 2. The van der Waals surface area contributed by atoms with Crippen LogP contribution in [-0.4, -0.2) is 21.8 Å². The number of ketones is 2. The Hall–Kier alpha value is -4.32. The number of hydrogen-bond acceptors (Lipinski definition) is 4. The molecule has 0 aliphatic heterocycles. The van der Waals surface area contributed by atoms with Gasteiger partial charge in [0.1, 0.15) is 23.1 Å². The van der Waals surface area contributed by atoms with Gasteiger partial charge >= 0.3 is 0 Å². The molecule has 0 aliphatic carbocycles. The highest BCUT2D eigenvalue weighted by molar-refractivity contribution is 6.17. The third-order valence-electron chi connectivity index (χ3n) is 5.00. The van der Waals surface area contributed by atoms with E-state index >= 15 is 0 Å². The maximum atomic E-state index is 13.3. The molecule has 0 saturated carbocycles. The fourth-order valence-electron chi connectivity index (χ4n) is 3.42. The molecule has 0 amide bonds. The fourth-order valence-corrected chi connectivity index (χ4v) is 3.42. The van der Waals surface area contributed by atoms with Crippen molar-refractivity contribution in [3.8, 4) is 22.6 Å². The Bertz CT molecular complexity index is 1220. The molecule has 0 fully saturated rings. The number of phenols is 2. The first kappa shape index (κ1) is 20.9. The van der Waals surface area contributed by atoms with Crippen LogP contribution in [0.15, 0.2) is 84.9 Å². The molecular formula is C26H16F2O4. The number of rotatable bonds is 5. The molecule has 0 bridgehead atoms. The monoisotopic (exact) mass is 430 g/mol. The summed E-state index contributed by atoms with van der Waals surface area (Å²) in [6, 6.07) is 18.2. The van der Waals surface area contributed by atoms with E-state index in [-0.39, 0.29) is 33.8 Å². The van der Waals surface area contributed by atoms with E-state index in [0.717, 1.165) is 24.3 Å². The van der Waals surface area contributed by atoms with Crippen LogP contribution in [0.3, 0.4) is 0 Å². The van der Waals surface area contributed by atoms with Crippen LogP contribution in [-0.2, 0) is 0 Å². The molecule has 4 rings (SSSR count). The van der Waals surface area contributed by atoms with E-state index in [1.807, 2.05) is 0 Å². The largest absolute Gasteiger partial charge is 0.508 e. The van der Waals surface area contributed by atoms with Gasteiger partial charge in [-0.05, 0) is 96.1 Å². The molecule has 6 heteroatoms. The Morgan fingerprint density at radius 3 is 1.22 bits per heavy atom. The lowest BCUT2D eigenvalue weighted by molar-refractivity contribution is 0.102. The van der Waals surface area contributed by atoms with E-state index in [4.69, 9.17) is 0 Å². The van der Waals surface area contributed by atoms with Gasteiger partial charge in [0, 0.05) is 22.3 Å². The second-order valence-electron chi connectivity index (χ2n) is 7.13. The molecule has 0 saturated heterocycles. The lowest BCUT2D eigenvalue weighted by Gasteiger charge is -2.14. The highest BCUT2D eigenvalue weighted by Crippen LogP contribution is 2.34. The summed E-state index contributed by atoms with van der Waals surface area (Å²) in [6.07, 6.45) is 0. The maximum absolute atomic E-state index is 13.3. The van der Waals surface area contributed by atoms with Crippen molar-refractivity contribution in [3.05, 3.63) is 119 Å². The van der Waals surface area contributed by atoms with Gasteiger partial charge in [-0.15, -0.1) is 0 Å². The summed E-state index contributed by atoms with van der Waals surface area (Å²) >= 11 is 0. The Morgan fingerprint density at radius 2 is 0.875 bits per heavy atom. The molecule has 0 aromatic heterocycles. The normalized spacial score (nSPS) is 10.7. The van der Waals surface area contributed by atoms with Crippen LogP contribution < -0.4 is 0 Å². The average Bonchev–Trinajstić information content (AvgIpc) is 2.79.